The average Bonchev–Trinajstić information content (AvgIpc) is 2.71. The van der Waals surface area contributed by atoms with Gasteiger partial charge < -0.3 is 19.1 Å². The summed E-state index contributed by atoms with van der Waals surface area (Å²) in [6.07, 6.45) is 0.573. The zero-order chi connectivity index (χ0) is 22.0. The number of nitro benzene ring substituents is 1. The Labute approximate surface area is 173 Å². The predicted molar refractivity (Wildman–Crippen MR) is 107 cm³/mol. The SMILES string of the molecule is COc1cc2c(cc1OC)C(c1cc([N+](=O)[O-])ccc1OC(C)=O)N(C(C)=O)CC2. The molecule has 1 atom stereocenters. The van der Waals surface area contributed by atoms with Crippen LogP contribution in [-0.2, 0) is 16.0 Å². The number of esters is 1. The van der Waals surface area contributed by atoms with E-state index in [4.69, 9.17) is 14.2 Å². The number of methoxy groups -OCH3 is 2. The molecule has 158 valence electrons. The summed E-state index contributed by atoms with van der Waals surface area (Å²) in [6, 6.07) is 6.87. The Kier molecular flexibility index (Phi) is 5.91. The number of non-ortho nitro benzene ring substituents is 1. The molecule has 2 aromatic rings. The molecule has 3 rings (SSSR count). The highest BCUT2D eigenvalue weighted by molar-refractivity contribution is 5.76. The smallest absolute Gasteiger partial charge is 0.308 e. The van der Waals surface area contributed by atoms with E-state index in [0.29, 0.717) is 30.0 Å². The second-order valence-corrected chi connectivity index (χ2v) is 6.84. The van der Waals surface area contributed by atoms with Crippen LogP contribution in [0.4, 0.5) is 5.69 Å². The Morgan fingerprint density at radius 3 is 2.27 bits per heavy atom. The molecule has 1 amide bonds. The van der Waals surface area contributed by atoms with Crippen LogP contribution in [0.15, 0.2) is 30.3 Å². The van der Waals surface area contributed by atoms with Crippen LogP contribution in [0.5, 0.6) is 17.2 Å². The monoisotopic (exact) mass is 414 g/mol. The summed E-state index contributed by atoms with van der Waals surface area (Å²) in [5.41, 5.74) is 1.82. The Balaban J connectivity index is 2.29. The molecule has 0 spiro atoms. The summed E-state index contributed by atoms with van der Waals surface area (Å²) in [5.74, 6) is 0.396. The van der Waals surface area contributed by atoms with Crippen LogP contribution in [0.2, 0.25) is 0 Å². The van der Waals surface area contributed by atoms with Crippen molar-refractivity contribution in [3.05, 3.63) is 57.1 Å². The van der Waals surface area contributed by atoms with Crippen molar-refractivity contribution < 1.29 is 28.7 Å². The molecular formula is C21H22N2O7. The van der Waals surface area contributed by atoms with Crippen LogP contribution >= 0.6 is 0 Å². The summed E-state index contributed by atoms with van der Waals surface area (Å²) in [4.78, 5) is 36.6. The number of hydrogen-bond acceptors (Lipinski definition) is 7. The first-order chi connectivity index (χ1) is 14.3. The molecule has 0 aliphatic carbocycles. The van der Waals surface area contributed by atoms with Gasteiger partial charge in [-0.05, 0) is 35.7 Å². The van der Waals surface area contributed by atoms with Crippen molar-refractivity contribution in [2.24, 2.45) is 0 Å². The molecule has 30 heavy (non-hydrogen) atoms. The van der Waals surface area contributed by atoms with Gasteiger partial charge in [0.25, 0.3) is 5.69 Å². The fraction of sp³-hybridized carbons (Fsp3) is 0.333. The fourth-order valence-corrected chi connectivity index (χ4v) is 3.73. The lowest BCUT2D eigenvalue weighted by Gasteiger charge is -2.38. The van der Waals surface area contributed by atoms with Crippen molar-refractivity contribution in [3.63, 3.8) is 0 Å². The molecular weight excluding hydrogens is 392 g/mol. The molecule has 0 N–H and O–H groups in total. The van der Waals surface area contributed by atoms with Crippen molar-refractivity contribution >= 4 is 17.6 Å². The lowest BCUT2D eigenvalue weighted by Crippen LogP contribution is -2.39. The molecule has 9 heteroatoms. The third-order valence-corrected chi connectivity index (χ3v) is 5.03. The summed E-state index contributed by atoms with van der Waals surface area (Å²) in [5, 5.41) is 11.4. The number of fused-ring (bicyclic) bond motifs is 1. The molecule has 2 aromatic carbocycles. The van der Waals surface area contributed by atoms with Crippen LogP contribution in [0.3, 0.4) is 0 Å². The van der Waals surface area contributed by atoms with Crippen molar-refractivity contribution in [2.75, 3.05) is 20.8 Å². The van der Waals surface area contributed by atoms with Crippen LogP contribution in [0.1, 0.15) is 36.6 Å². The molecule has 1 aliphatic heterocycles. The van der Waals surface area contributed by atoms with Gasteiger partial charge in [-0.25, -0.2) is 0 Å². The number of nitro groups is 1. The summed E-state index contributed by atoms with van der Waals surface area (Å²) >= 11 is 0. The summed E-state index contributed by atoms with van der Waals surface area (Å²) < 4.78 is 16.1. The van der Waals surface area contributed by atoms with Gasteiger partial charge in [-0.1, -0.05) is 0 Å². The van der Waals surface area contributed by atoms with Crippen molar-refractivity contribution in [1.29, 1.82) is 0 Å². The second kappa shape index (κ2) is 8.40. The minimum atomic E-state index is -0.694. The zero-order valence-corrected chi connectivity index (χ0v) is 17.1. The molecule has 0 radical (unpaired) electrons. The van der Waals surface area contributed by atoms with E-state index >= 15 is 0 Å². The number of hydrogen-bond donors (Lipinski definition) is 0. The van der Waals surface area contributed by atoms with Gasteiger partial charge in [0.2, 0.25) is 5.91 Å². The maximum Gasteiger partial charge on any atom is 0.308 e. The second-order valence-electron chi connectivity index (χ2n) is 6.84. The molecule has 0 bridgehead atoms. The number of ether oxygens (including phenoxy) is 3. The number of amides is 1. The van der Waals surface area contributed by atoms with E-state index in [1.807, 2.05) is 6.07 Å². The van der Waals surface area contributed by atoms with Gasteiger partial charge in [0, 0.05) is 38.1 Å². The fourth-order valence-electron chi connectivity index (χ4n) is 3.73. The molecule has 0 aromatic heterocycles. The first-order valence-electron chi connectivity index (χ1n) is 9.25. The van der Waals surface area contributed by atoms with Gasteiger partial charge in [0.05, 0.1) is 25.2 Å². The maximum absolute atomic E-state index is 12.5. The predicted octanol–water partition coefficient (Wildman–Crippen LogP) is 3.03. The minimum Gasteiger partial charge on any atom is -0.493 e. The molecule has 0 fully saturated rings. The van der Waals surface area contributed by atoms with Crippen molar-refractivity contribution in [3.8, 4) is 17.2 Å². The quantitative estimate of drug-likeness (QED) is 0.320. The highest BCUT2D eigenvalue weighted by Crippen LogP contribution is 2.44. The van der Waals surface area contributed by atoms with E-state index in [2.05, 4.69) is 0 Å². The molecule has 0 saturated heterocycles. The largest absolute Gasteiger partial charge is 0.493 e. The normalized spacial score (nSPS) is 15.2. The number of nitrogens with zero attached hydrogens (tertiary/aromatic N) is 2. The molecule has 1 aliphatic rings. The van der Waals surface area contributed by atoms with E-state index < -0.39 is 16.9 Å². The van der Waals surface area contributed by atoms with E-state index in [1.165, 1.54) is 46.3 Å². The average molecular weight is 414 g/mol. The topological polar surface area (TPSA) is 108 Å². The number of carbonyl (C=O) groups excluding carboxylic acids is 2. The number of carbonyl (C=O) groups is 2. The van der Waals surface area contributed by atoms with Crippen LogP contribution in [0.25, 0.3) is 0 Å². The Morgan fingerprint density at radius 2 is 1.70 bits per heavy atom. The Bertz CT molecular complexity index is 1020. The molecule has 1 heterocycles. The lowest BCUT2D eigenvalue weighted by molar-refractivity contribution is -0.385. The van der Waals surface area contributed by atoms with Gasteiger partial charge in [-0.2, -0.15) is 0 Å². The van der Waals surface area contributed by atoms with Crippen LogP contribution in [0, 0.1) is 10.1 Å². The van der Waals surface area contributed by atoms with Crippen molar-refractivity contribution in [1.82, 2.24) is 4.90 Å². The Morgan fingerprint density at radius 1 is 1.03 bits per heavy atom. The molecule has 1 unspecified atom stereocenters. The van der Waals surface area contributed by atoms with E-state index in [0.717, 1.165) is 11.1 Å². The van der Waals surface area contributed by atoms with E-state index in [9.17, 15) is 19.7 Å². The number of rotatable bonds is 5. The first-order valence-corrected chi connectivity index (χ1v) is 9.25. The van der Waals surface area contributed by atoms with Gasteiger partial charge in [-0.15, -0.1) is 0 Å². The van der Waals surface area contributed by atoms with Gasteiger partial charge in [0.1, 0.15) is 5.75 Å². The van der Waals surface area contributed by atoms with Crippen LogP contribution in [-0.4, -0.2) is 42.5 Å². The van der Waals surface area contributed by atoms with Gasteiger partial charge in [-0.3, -0.25) is 19.7 Å². The number of benzene rings is 2. The summed E-state index contributed by atoms with van der Waals surface area (Å²) in [6.45, 7) is 3.07. The minimum absolute atomic E-state index is 0.159. The third-order valence-electron chi connectivity index (χ3n) is 5.03. The maximum atomic E-state index is 12.5. The third kappa shape index (κ3) is 3.91. The zero-order valence-electron chi connectivity index (χ0n) is 17.1. The van der Waals surface area contributed by atoms with Crippen molar-refractivity contribution in [2.45, 2.75) is 26.3 Å². The molecule has 0 saturated carbocycles. The highest BCUT2D eigenvalue weighted by Gasteiger charge is 2.35. The summed E-state index contributed by atoms with van der Waals surface area (Å²) in [7, 11) is 3.04. The van der Waals surface area contributed by atoms with Crippen LogP contribution < -0.4 is 14.2 Å². The first kappa shape index (κ1) is 21.1. The lowest BCUT2D eigenvalue weighted by atomic mass is 9.87. The molecule has 9 nitrogen and oxygen atoms in total. The van der Waals surface area contributed by atoms with E-state index in [-0.39, 0.29) is 17.3 Å². The highest BCUT2D eigenvalue weighted by atomic mass is 16.6. The van der Waals surface area contributed by atoms with Gasteiger partial charge in [0.15, 0.2) is 11.5 Å². The standard InChI is InChI=1S/C21H22N2O7/c1-12(24)22-8-7-14-9-19(28-3)20(29-4)11-16(14)21(22)17-10-15(23(26)27)5-6-18(17)30-13(2)25/h5-6,9-11,21H,7-8H2,1-4H3. The van der Waals surface area contributed by atoms with E-state index in [1.54, 1.807) is 11.0 Å². The van der Waals surface area contributed by atoms with Gasteiger partial charge >= 0.3 is 5.97 Å². The Hall–Kier alpha value is -3.62.